The third-order valence-corrected chi connectivity index (χ3v) is 4.69. The summed E-state index contributed by atoms with van der Waals surface area (Å²) in [6, 6.07) is 3.71. The number of rotatable bonds is 10. The zero-order valence-corrected chi connectivity index (χ0v) is 18.0. The average molecular weight is 440 g/mol. The maximum atomic E-state index is 13.2. The number of hydrogen-bond donors (Lipinski definition) is 4. The quantitative estimate of drug-likeness (QED) is 0.306. The summed E-state index contributed by atoms with van der Waals surface area (Å²) in [5, 5.41) is 8.32. The van der Waals surface area contributed by atoms with Gasteiger partial charge in [-0.25, -0.2) is 9.97 Å². The van der Waals surface area contributed by atoms with Gasteiger partial charge in [0.15, 0.2) is 11.9 Å². The number of aliphatic imine (C=N–C) groups is 1. The predicted molar refractivity (Wildman–Crippen MR) is 118 cm³/mol. The van der Waals surface area contributed by atoms with Crippen LogP contribution in [0.15, 0.2) is 47.7 Å². The number of aromatic amines is 1. The van der Waals surface area contributed by atoms with Gasteiger partial charge in [0.25, 0.3) is 18.1 Å². The van der Waals surface area contributed by atoms with Crippen LogP contribution < -0.4 is 26.7 Å². The van der Waals surface area contributed by atoms with Crippen molar-refractivity contribution in [3.63, 3.8) is 0 Å². The van der Waals surface area contributed by atoms with Gasteiger partial charge in [-0.2, -0.15) is 0 Å². The summed E-state index contributed by atoms with van der Waals surface area (Å²) in [4.78, 5) is 41.2. The van der Waals surface area contributed by atoms with Crippen molar-refractivity contribution in [1.82, 2.24) is 20.6 Å². The molecule has 0 bridgehead atoms. The molecule has 0 unspecified atom stereocenters. The molecule has 0 saturated heterocycles. The first-order chi connectivity index (χ1) is 15.6. The number of nitrogens with one attached hydrogen (secondary N) is 4. The van der Waals surface area contributed by atoms with Gasteiger partial charge >= 0.3 is 0 Å². The van der Waals surface area contributed by atoms with E-state index >= 15 is 0 Å². The van der Waals surface area contributed by atoms with Gasteiger partial charge in [0.1, 0.15) is 17.6 Å². The first-order valence-electron chi connectivity index (χ1n) is 10.2. The van der Waals surface area contributed by atoms with E-state index in [0.717, 1.165) is 24.7 Å². The number of H-pyrrole nitrogens is 1. The molecule has 1 aliphatic rings. The van der Waals surface area contributed by atoms with Gasteiger partial charge < -0.3 is 26.4 Å². The Morgan fingerprint density at radius 2 is 2.19 bits per heavy atom. The minimum Gasteiger partial charge on any atom is -0.403 e. The first-order valence-corrected chi connectivity index (χ1v) is 10.2. The molecule has 1 aliphatic carbocycles. The molecule has 168 valence electrons. The molecule has 2 aromatic rings. The van der Waals surface area contributed by atoms with Gasteiger partial charge in [-0.05, 0) is 25.0 Å². The molecular formula is C21H27N8O3+. The van der Waals surface area contributed by atoms with E-state index in [2.05, 4.69) is 35.9 Å². The molecule has 0 atom stereocenters. The summed E-state index contributed by atoms with van der Waals surface area (Å²) in [6.45, 7) is 0.541. The summed E-state index contributed by atoms with van der Waals surface area (Å²) in [7, 11) is 3.00. The van der Waals surface area contributed by atoms with Crippen LogP contribution in [0, 0.1) is 0 Å². The highest BCUT2D eigenvalue weighted by Gasteiger charge is 2.28. The monoisotopic (exact) mass is 439 g/mol. The fourth-order valence-electron chi connectivity index (χ4n) is 2.91. The van der Waals surface area contributed by atoms with Crippen molar-refractivity contribution in [1.29, 1.82) is 0 Å². The van der Waals surface area contributed by atoms with Crippen LogP contribution in [0.5, 0.6) is 0 Å². The Bertz CT molecular complexity index is 1020. The van der Waals surface area contributed by atoms with Gasteiger partial charge in [0, 0.05) is 32.0 Å². The molecule has 0 spiro atoms. The minimum absolute atomic E-state index is 0.00452. The lowest BCUT2D eigenvalue weighted by Crippen LogP contribution is -2.37. The van der Waals surface area contributed by atoms with Crippen LogP contribution in [0.1, 0.15) is 34.9 Å². The number of carbonyl (C=O) groups excluding carboxylic acids is 2. The second-order valence-electron chi connectivity index (χ2n) is 7.04. The Morgan fingerprint density at radius 1 is 1.38 bits per heavy atom. The van der Waals surface area contributed by atoms with E-state index in [0.29, 0.717) is 23.9 Å². The van der Waals surface area contributed by atoms with E-state index in [1.807, 2.05) is 6.07 Å². The highest BCUT2D eigenvalue weighted by Crippen LogP contribution is 2.39. The Labute approximate surface area is 185 Å². The lowest BCUT2D eigenvalue weighted by atomic mass is 10.2. The second-order valence-corrected chi connectivity index (χ2v) is 7.04. The van der Waals surface area contributed by atoms with Crippen molar-refractivity contribution in [3.8, 4) is 0 Å². The third kappa shape index (κ3) is 5.85. The van der Waals surface area contributed by atoms with Gasteiger partial charge in [0.05, 0.1) is 24.5 Å². The second kappa shape index (κ2) is 11.0. The number of nitrogens with zero attached hydrogens (tertiary/aromatic N) is 3. The third-order valence-electron chi connectivity index (χ3n) is 4.69. The molecule has 2 amide bonds. The van der Waals surface area contributed by atoms with Gasteiger partial charge in [-0.3, -0.25) is 14.6 Å². The molecule has 0 radical (unpaired) electrons. The molecule has 2 heterocycles. The Hall–Kier alpha value is -3.86. The molecule has 11 heteroatoms. The zero-order chi connectivity index (χ0) is 22.9. The SMILES string of the molecule is CNC(=O)C(=NCCOC)C(=CN)NC(=O)c1nc(C2CC2)ccc1Nc1cnc[nH+]c1. The Morgan fingerprint density at radius 3 is 2.81 bits per heavy atom. The highest BCUT2D eigenvalue weighted by atomic mass is 16.5. The van der Waals surface area contributed by atoms with Crippen LogP contribution in [0.3, 0.4) is 0 Å². The van der Waals surface area contributed by atoms with Crippen molar-refractivity contribution in [2.75, 3.05) is 32.6 Å². The number of methoxy groups -OCH3 is 1. The number of nitrogens with two attached hydrogens (primary N) is 1. The summed E-state index contributed by atoms with van der Waals surface area (Å²) in [5.41, 5.74) is 7.96. The molecule has 0 aliphatic heterocycles. The first kappa shape index (κ1) is 22.8. The number of anilines is 2. The standard InChI is InChI=1S/C21H26N8O3/c1-23-20(30)18(26-7-8-32-2)17(9-22)29-21(31)19-16(27-14-10-24-12-25-11-14)6-5-15(28-19)13-3-4-13/h5-6,9-13,27H,3-4,7-8,22H2,1-2H3,(H,23,30)(H,29,31)/p+1. The highest BCUT2D eigenvalue weighted by molar-refractivity contribution is 6.45. The van der Waals surface area contributed by atoms with Crippen LogP contribution in [0.2, 0.25) is 0 Å². The topological polar surface area (TPSA) is 158 Å². The smallest absolute Gasteiger partial charge is 0.284 e. The lowest BCUT2D eigenvalue weighted by Gasteiger charge is -2.14. The largest absolute Gasteiger partial charge is 0.403 e. The van der Waals surface area contributed by atoms with Crippen LogP contribution in [0.25, 0.3) is 0 Å². The van der Waals surface area contributed by atoms with Crippen molar-refractivity contribution in [2.45, 2.75) is 18.8 Å². The van der Waals surface area contributed by atoms with Crippen molar-refractivity contribution in [3.05, 3.63) is 54.1 Å². The number of hydrogen-bond acceptors (Lipinski definition) is 8. The summed E-state index contributed by atoms with van der Waals surface area (Å²) in [5.74, 6) is -0.658. The Kier molecular flexibility index (Phi) is 7.81. The molecule has 0 aromatic carbocycles. The molecule has 2 aromatic heterocycles. The van der Waals surface area contributed by atoms with E-state index in [-0.39, 0.29) is 23.6 Å². The van der Waals surface area contributed by atoms with Crippen molar-refractivity contribution < 1.29 is 19.3 Å². The van der Waals surface area contributed by atoms with E-state index in [1.54, 1.807) is 18.5 Å². The number of pyridine rings is 1. The summed E-state index contributed by atoms with van der Waals surface area (Å²) < 4.78 is 4.98. The molecule has 1 fully saturated rings. The van der Waals surface area contributed by atoms with Crippen molar-refractivity contribution in [2.24, 2.45) is 10.7 Å². The predicted octanol–water partition coefficient (Wildman–Crippen LogP) is 0.275. The average Bonchev–Trinajstić information content (AvgIpc) is 3.66. The Balaban J connectivity index is 1.89. The van der Waals surface area contributed by atoms with E-state index in [4.69, 9.17) is 10.5 Å². The van der Waals surface area contributed by atoms with Gasteiger partial charge in [0.2, 0.25) is 0 Å². The fraction of sp³-hybridized carbons (Fsp3) is 0.333. The van der Waals surface area contributed by atoms with Crippen molar-refractivity contribution >= 4 is 28.9 Å². The molecule has 11 nitrogen and oxygen atoms in total. The van der Waals surface area contributed by atoms with Crippen LogP contribution in [-0.2, 0) is 9.53 Å². The van der Waals surface area contributed by atoms with Gasteiger partial charge in [-0.15, -0.1) is 0 Å². The maximum absolute atomic E-state index is 13.2. The van der Waals surface area contributed by atoms with E-state index in [9.17, 15) is 9.59 Å². The van der Waals surface area contributed by atoms with E-state index < -0.39 is 11.8 Å². The molecule has 1 saturated carbocycles. The number of carbonyl (C=O) groups is 2. The number of aromatic nitrogens is 3. The molecule has 32 heavy (non-hydrogen) atoms. The fourth-order valence-corrected chi connectivity index (χ4v) is 2.91. The summed E-state index contributed by atoms with van der Waals surface area (Å²) >= 11 is 0. The molecular weight excluding hydrogens is 412 g/mol. The molecule has 6 N–H and O–H groups in total. The number of amides is 2. The minimum atomic E-state index is -0.525. The summed E-state index contributed by atoms with van der Waals surface area (Å²) in [6.07, 6.45) is 8.07. The van der Waals surface area contributed by atoms with Crippen LogP contribution in [-0.4, -0.2) is 54.8 Å². The molecule has 3 rings (SSSR count). The number of ether oxygens (including phenoxy) is 1. The van der Waals surface area contributed by atoms with Crippen LogP contribution >= 0.6 is 0 Å². The maximum Gasteiger partial charge on any atom is 0.284 e. The van der Waals surface area contributed by atoms with E-state index in [1.165, 1.54) is 20.5 Å². The lowest BCUT2D eigenvalue weighted by molar-refractivity contribution is -0.381. The normalized spacial score (nSPS) is 14.1. The zero-order valence-electron chi connectivity index (χ0n) is 18.0. The van der Waals surface area contributed by atoms with Crippen LogP contribution in [0.4, 0.5) is 11.4 Å². The van der Waals surface area contributed by atoms with Gasteiger partial charge in [-0.1, -0.05) is 4.98 Å².